The summed E-state index contributed by atoms with van der Waals surface area (Å²) in [5.41, 5.74) is 6.10. The van der Waals surface area contributed by atoms with Crippen molar-refractivity contribution < 1.29 is 34.2 Å². The first-order chi connectivity index (χ1) is 13.6. The molecule has 11 nitrogen and oxygen atoms in total. The van der Waals surface area contributed by atoms with Crippen LogP contribution < -0.4 is 21.7 Å². The molecule has 158 valence electrons. The highest BCUT2D eigenvalue weighted by Crippen LogP contribution is 2.05. The molecule has 29 heavy (non-hydrogen) atoms. The SMILES string of the molecule is CC(N)C(=O)NC(CC(=O)O)C(=O)NC(Cc1ccccc1)C(=O)NCC(=O)O. The third-order valence-electron chi connectivity index (χ3n) is 3.75. The normalized spacial score (nSPS) is 13.4. The fraction of sp³-hybridized carbons (Fsp3) is 0.389. The highest BCUT2D eigenvalue weighted by molar-refractivity contribution is 5.95. The topological polar surface area (TPSA) is 188 Å². The van der Waals surface area contributed by atoms with Crippen LogP contribution in [0.15, 0.2) is 30.3 Å². The lowest BCUT2D eigenvalue weighted by Gasteiger charge is -2.23. The standard InChI is InChI=1S/C18H24N4O7/c1-10(19)16(27)21-13(8-14(23)24)18(29)22-12(17(28)20-9-15(25)26)7-11-5-3-2-4-6-11/h2-6,10,12-13H,7-9,19H2,1H3,(H,20,28)(H,21,27)(H,22,29)(H,23,24)(H,25,26). The zero-order chi connectivity index (χ0) is 22.0. The number of nitrogens with two attached hydrogens (primary N) is 1. The Morgan fingerprint density at radius 1 is 0.897 bits per heavy atom. The molecule has 0 saturated carbocycles. The van der Waals surface area contributed by atoms with Crippen molar-refractivity contribution in [2.75, 3.05) is 6.54 Å². The Morgan fingerprint density at radius 3 is 2.00 bits per heavy atom. The number of nitrogens with one attached hydrogen (secondary N) is 3. The van der Waals surface area contributed by atoms with Crippen molar-refractivity contribution in [2.24, 2.45) is 5.73 Å². The number of carboxylic acid groups (broad SMARTS) is 2. The zero-order valence-corrected chi connectivity index (χ0v) is 15.8. The molecule has 7 N–H and O–H groups in total. The number of benzene rings is 1. The van der Waals surface area contributed by atoms with Crippen LogP contribution in [0.3, 0.4) is 0 Å². The second-order valence-corrected chi connectivity index (χ2v) is 6.31. The number of carboxylic acids is 2. The maximum Gasteiger partial charge on any atom is 0.322 e. The Hall–Kier alpha value is -3.47. The molecule has 0 aliphatic carbocycles. The van der Waals surface area contributed by atoms with Crippen molar-refractivity contribution in [3.63, 3.8) is 0 Å². The second-order valence-electron chi connectivity index (χ2n) is 6.31. The van der Waals surface area contributed by atoms with Gasteiger partial charge >= 0.3 is 11.9 Å². The minimum atomic E-state index is -1.46. The van der Waals surface area contributed by atoms with E-state index in [2.05, 4.69) is 16.0 Å². The Morgan fingerprint density at radius 2 is 1.48 bits per heavy atom. The van der Waals surface area contributed by atoms with E-state index < -0.39 is 60.8 Å². The molecule has 0 aromatic heterocycles. The van der Waals surface area contributed by atoms with E-state index in [9.17, 15) is 24.0 Å². The highest BCUT2D eigenvalue weighted by Gasteiger charge is 2.29. The summed E-state index contributed by atoms with van der Waals surface area (Å²) in [4.78, 5) is 58.4. The summed E-state index contributed by atoms with van der Waals surface area (Å²) in [5, 5.41) is 24.5. The molecular formula is C18H24N4O7. The average molecular weight is 408 g/mol. The van der Waals surface area contributed by atoms with Gasteiger partial charge in [-0.1, -0.05) is 30.3 Å². The van der Waals surface area contributed by atoms with Crippen LogP contribution in [0.4, 0.5) is 0 Å². The number of carbonyl (C=O) groups is 5. The van der Waals surface area contributed by atoms with Gasteiger partial charge in [-0.05, 0) is 12.5 Å². The lowest BCUT2D eigenvalue weighted by Crippen LogP contribution is -2.56. The van der Waals surface area contributed by atoms with Crippen LogP contribution in [0.5, 0.6) is 0 Å². The minimum absolute atomic E-state index is 0.0268. The van der Waals surface area contributed by atoms with Gasteiger partial charge in [0, 0.05) is 6.42 Å². The maximum atomic E-state index is 12.6. The van der Waals surface area contributed by atoms with Crippen molar-refractivity contribution in [1.29, 1.82) is 0 Å². The fourth-order valence-electron chi connectivity index (χ4n) is 2.30. The summed E-state index contributed by atoms with van der Waals surface area (Å²) >= 11 is 0. The van der Waals surface area contributed by atoms with Gasteiger partial charge in [0.05, 0.1) is 12.5 Å². The van der Waals surface area contributed by atoms with E-state index in [1.165, 1.54) is 6.92 Å². The molecule has 0 saturated heterocycles. The first-order valence-electron chi connectivity index (χ1n) is 8.71. The quantitative estimate of drug-likeness (QED) is 0.248. The molecule has 11 heteroatoms. The van der Waals surface area contributed by atoms with E-state index in [4.69, 9.17) is 15.9 Å². The second kappa shape index (κ2) is 11.4. The van der Waals surface area contributed by atoms with Crippen molar-refractivity contribution in [3.8, 4) is 0 Å². The van der Waals surface area contributed by atoms with Gasteiger partial charge in [-0.25, -0.2) is 0 Å². The van der Waals surface area contributed by atoms with Crippen LogP contribution in [0.25, 0.3) is 0 Å². The van der Waals surface area contributed by atoms with Crippen LogP contribution in [0, 0.1) is 0 Å². The number of hydrogen-bond acceptors (Lipinski definition) is 6. The fourth-order valence-corrected chi connectivity index (χ4v) is 2.30. The van der Waals surface area contributed by atoms with Crippen molar-refractivity contribution >= 4 is 29.7 Å². The van der Waals surface area contributed by atoms with Crippen molar-refractivity contribution in [1.82, 2.24) is 16.0 Å². The van der Waals surface area contributed by atoms with E-state index in [1.807, 2.05) is 0 Å². The molecular weight excluding hydrogens is 384 g/mol. The first kappa shape index (κ1) is 23.6. The van der Waals surface area contributed by atoms with Crippen LogP contribution in [-0.2, 0) is 30.4 Å². The van der Waals surface area contributed by atoms with E-state index in [-0.39, 0.29) is 6.42 Å². The van der Waals surface area contributed by atoms with Crippen LogP contribution in [0.2, 0.25) is 0 Å². The number of aliphatic carboxylic acids is 2. The third-order valence-corrected chi connectivity index (χ3v) is 3.75. The molecule has 0 bridgehead atoms. The summed E-state index contributed by atoms with van der Waals surface area (Å²) in [6.07, 6.45) is -0.696. The molecule has 0 heterocycles. The molecule has 3 atom stereocenters. The van der Waals surface area contributed by atoms with Crippen molar-refractivity contribution in [3.05, 3.63) is 35.9 Å². The van der Waals surface area contributed by atoms with Gasteiger partial charge in [0.25, 0.3) is 0 Å². The molecule has 1 aromatic rings. The Labute approximate surface area is 166 Å². The van der Waals surface area contributed by atoms with Gasteiger partial charge in [0.1, 0.15) is 18.6 Å². The molecule has 0 aliphatic rings. The van der Waals surface area contributed by atoms with E-state index in [1.54, 1.807) is 30.3 Å². The Balaban J connectivity index is 2.97. The smallest absolute Gasteiger partial charge is 0.322 e. The van der Waals surface area contributed by atoms with Crippen LogP contribution in [0.1, 0.15) is 18.9 Å². The maximum absolute atomic E-state index is 12.6. The number of rotatable bonds is 11. The molecule has 0 radical (unpaired) electrons. The number of amides is 3. The Bertz CT molecular complexity index is 752. The highest BCUT2D eigenvalue weighted by atomic mass is 16.4. The predicted octanol–water partition coefficient (Wildman–Crippen LogP) is -1.78. The zero-order valence-electron chi connectivity index (χ0n) is 15.8. The molecule has 3 unspecified atom stereocenters. The molecule has 0 fully saturated rings. The summed E-state index contributed by atoms with van der Waals surface area (Å²) in [6, 6.07) is 4.99. The minimum Gasteiger partial charge on any atom is -0.481 e. The lowest BCUT2D eigenvalue weighted by molar-refractivity contribution is -0.141. The molecule has 1 rings (SSSR count). The van der Waals surface area contributed by atoms with E-state index >= 15 is 0 Å². The van der Waals surface area contributed by atoms with E-state index in [0.717, 1.165) is 0 Å². The Kier molecular flexibility index (Phi) is 9.26. The molecule has 0 aliphatic heterocycles. The summed E-state index contributed by atoms with van der Waals surface area (Å²) < 4.78 is 0. The van der Waals surface area contributed by atoms with Gasteiger partial charge in [-0.2, -0.15) is 0 Å². The average Bonchev–Trinajstić information content (AvgIpc) is 2.65. The van der Waals surface area contributed by atoms with Gasteiger partial charge in [0.2, 0.25) is 17.7 Å². The van der Waals surface area contributed by atoms with Gasteiger partial charge in [0.15, 0.2) is 0 Å². The molecule has 1 aromatic carbocycles. The third kappa shape index (κ3) is 8.84. The predicted molar refractivity (Wildman–Crippen MR) is 101 cm³/mol. The number of carbonyl (C=O) groups excluding carboxylic acids is 3. The summed E-state index contributed by atoms with van der Waals surface area (Å²) in [6.45, 7) is 0.711. The van der Waals surface area contributed by atoms with Crippen LogP contribution >= 0.6 is 0 Å². The van der Waals surface area contributed by atoms with Crippen LogP contribution in [-0.4, -0.2) is 64.5 Å². The summed E-state index contributed by atoms with van der Waals surface area (Å²) in [5.74, 6) is -5.02. The van der Waals surface area contributed by atoms with E-state index in [0.29, 0.717) is 5.56 Å². The number of hydrogen-bond donors (Lipinski definition) is 6. The van der Waals surface area contributed by atoms with Crippen molar-refractivity contribution in [2.45, 2.75) is 37.9 Å². The molecule has 0 spiro atoms. The van der Waals surface area contributed by atoms with Gasteiger partial charge in [-0.3, -0.25) is 24.0 Å². The monoisotopic (exact) mass is 408 g/mol. The summed E-state index contributed by atoms with van der Waals surface area (Å²) in [7, 11) is 0. The van der Waals surface area contributed by atoms with Gasteiger partial charge < -0.3 is 31.9 Å². The van der Waals surface area contributed by atoms with Gasteiger partial charge in [-0.15, -0.1) is 0 Å². The molecule has 3 amide bonds. The first-order valence-corrected chi connectivity index (χ1v) is 8.71. The largest absolute Gasteiger partial charge is 0.481 e. The lowest BCUT2D eigenvalue weighted by atomic mass is 10.0.